The number of amides is 1. The maximum Gasteiger partial charge on any atom is 0.409 e. The Labute approximate surface area is 193 Å². The summed E-state index contributed by atoms with van der Waals surface area (Å²) in [7, 11) is 0. The molecule has 0 bridgehead atoms. The topological polar surface area (TPSA) is 93.7 Å². The number of carbonyl (C=O) groups excluding carboxylic acids is 2. The fourth-order valence-electron chi connectivity index (χ4n) is 4.15. The van der Waals surface area contributed by atoms with Crippen molar-refractivity contribution < 1.29 is 23.1 Å². The third-order valence-electron chi connectivity index (χ3n) is 5.74. The highest BCUT2D eigenvalue weighted by Crippen LogP contribution is 2.42. The summed E-state index contributed by atoms with van der Waals surface area (Å²) in [4.78, 5) is 33.8. The zero-order valence-corrected chi connectivity index (χ0v) is 18.7. The monoisotopic (exact) mass is 471 g/mol. The lowest BCUT2D eigenvalue weighted by Gasteiger charge is -2.40. The number of hydrogen-bond donors (Lipinski definition) is 0. The molecule has 2 atom stereocenters. The largest absolute Gasteiger partial charge is 0.461 e. The van der Waals surface area contributed by atoms with Crippen LogP contribution in [0.5, 0.6) is 0 Å². The van der Waals surface area contributed by atoms with E-state index < -0.39 is 5.25 Å². The number of aromatic nitrogens is 3. The molecule has 1 saturated heterocycles. The van der Waals surface area contributed by atoms with Crippen LogP contribution in [0.1, 0.15) is 23.3 Å². The molecule has 0 spiro atoms. The van der Waals surface area contributed by atoms with E-state index in [1.54, 1.807) is 36.1 Å². The Morgan fingerprint density at radius 1 is 1.24 bits per heavy atom. The molecule has 9 nitrogen and oxygen atoms in total. The zero-order chi connectivity index (χ0) is 22.9. The minimum Gasteiger partial charge on any atom is -0.461 e. The van der Waals surface area contributed by atoms with Crippen molar-refractivity contribution in [2.45, 2.75) is 23.4 Å². The minimum atomic E-state index is -0.509. The highest BCUT2D eigenvalue weighted by atomic mass is 32.2. The number of piperazine rings is 1. The molecule has 3 aromatic rings. The molecule has 0 N–H and O–H groups in total. The molecular formula is C22H22FN5O4S. The van der Waals surface area contributed by atoms with Crippen molar-refractivity contribution in [3.8, 4) is 11.6 Å². The Bertz CT molecular complexity index is 1140. The first kappa shape index (κ1) is 21.7. The molecule has 1 amide bonds. The molecule has 0 radical (unpaired) electrons. The number of nitrogens with zero attached hydrogens (tertiary/aromatic N) is 5. The summed E-state index contributed by atoms with van der Waals surface area (Å²) in [6.45, 7) is 4.16. The van der Waals surface area contributed by atoms with Gasteiger partial charge in [0.15, 0.2) is 10.9 Å². The van der Waals surface area contributed by atoms with E-state index in [-0.39, 0.29) is 23.9 Å². The number of hydrogen-bond acceptors (Lipinski definition) is 8. The van der Waals surface area contributed by atoms with Gasteiger partial charge in [-0.2, -0.15) is 9.67 Å². The van der Waals surface area contributed by atoms with Crippen LogP contribution in [0.15, 0.2) is 52.2 Å². The quantitative estimate of drug-likeness (QED) is 0.560. The van der Waals surface area contributed by atoms with E-state index >= 15 is 0 Å². The predicted octanol–water partition coefficient (Wildman–Crippen LogP) is 3.31. The average molecular weight is 472 g/mol. The molecule has 4 heterocycles. The van der Waals surface area contributed by atoms with Gasteiger partial charge in [0.05, 0.1) is 18.9 Å². The number of benzene rings is 1. The van der Waals surface area contributed by atoms with Gasteiger partial charge in [0.25, 0.3) is 5.91 Å². The summed E-state index contributed by atoms with van der Waals surface area (Å²) in [5, 5.41) is 4.33. The van der Waals surface area contributed by atoms with E-state index in [9.17, 15) is 14.0 Å². The van der Waals surface area contributed by atoms with E-state index in [1.165, 1.54) is 34.8 Å². The lowest BCUT2D eigenvalue weighted by atomic mass is 10.00. The van der Waals surface area contributed by atoms with E-state index in [0.29, 0.717) is 49.5 Å². The Kier molecular flexibility index (Phi) is 5.90. The molecule has 11 heteroatoms. The van der Waals surface area contributed by atoms with Gasteiger partial charge in [-0.3, -0.25) is 9.69 Å². The Morgan fingerprint density at radius 2 is 2.00 bits per heavy atom. The molecule has 5 rings (SSSR count). The van der Waals surface area contributed by atoms with Gasteiger partial charge >= 0.3 is 6.09 Å². The van der Waals surface area contributed by atoms with Crippen molar-refractivity contribution in [3.63, 3.8) is 0 Å². The van der Waals surface area contributed by atoms with Crippen molar-refractivity contribution >= 4 is 23.8 Å². The van der Waals surface area contributed by atoms with Gasteiger partial charge in [-0.05, 0) is 36.8 Å². The number of furan rings is 1. The van der Waals surface area contributed by atoms with Crippen molar-refractivity contribution in [3.05, 3.63) is 54.0 Å². The third kappa shape index (κ3) is 4.13. The van der Waals surface area contributed by atoms with Gasteiger partial charge < -0.3 is 14.1 Å². The summed E-state index contributed by atoms with van der Waals surface area (Å²) in [5.41, 5.74) is 0.823. The minimum absolute atomic E-state index is 0.192. The van der Waals surface area contributed by atoms with Crippen LogP contribution in [0.25, 0.3) is 11.6 Å². The van der Waals surface area contributed by atoms with Crippen LogP contribution < -0.4 is 0 Å². The van der Waals surface area contributed by atoms with Crippen molar-refractivity contribution in [1.82, 2.24) is 24.6 Å². The zero-order valence-electron chi connectivity index (χ0n) is 17.9. The average Bonchev–Trinajstić information content (AvgIpc) is 3.55. The number of fused-ring (bicyclic) bond motifs is 1. The number of rotatable bonds is 5. The second-order valence-electron chi connectivity index (χ2n) is 7.70. The molecule has 2 unspecified atom stereocenters. The third-order valence-corrected chi connectivity index (χ3v) is 6.92. The summed E-state index contributed by atoms with van der Waals surface area (Å²) >= 11 is 1.34. The van der Waals surface area contributed by atoms with Crippen molar-refractivity contribution in [2.24, 2.45) is 0 Å². The lowest BCUT2D eigenvalue weighted by molar-refractivity contribution is 0.0600. The normalized spacial score (nSPS) is 19.5. The standard InChI is InChI=1S/C22H22FN5O4S/c1-2-31-22(30)27-11-9-26(10-12-27)17(14-5-7-15(23)8-6-14)18-20(29)28-21(33-18)24-19(25-28)16-4-3-13-32-16/h3-8,13,17-18H,2,9-12H2,1H3. The molecule has 1 fully saturated rings. The first-order valence-corrected chi connectivity index (χ1v) is 11.6. The Hall–Kier alpha value is -3.18. The Morgan fingerprint density at radius 3 is 2.64 bits per heavy atom. The molecule has 33 heavy (non-hydrogen) atoms. The number of thioether (sulfide) groups is 1. The smallest absolute Gasteiger partial charge is 0.409 e. The van der Waals surface area contributed by atoms with E-state index in [2.05, 4.69) is 15.0 Å². The molecule has 0 aliphatic carbocycles. The fraction of sp³-hybridized carbons (Fsp3) is 0.364. The maximum absolute atomic E-state index is 13.6. The highest BCUT2D eigenvalue weighted by molar-refractivity contribution is 8.00. The van der Waals surface area contributed by atoms with Crippen LogP contribution >= 0.6 is 11.8 Å². The first-order chi connectivity index (χ1) is 16.0. The second kappa shape index (κ2) is 8.99. The van der Waals surface area contributed by atoms with Crippen LogP contribution in [0.2, 0.25) is 0 Å². The predicted molar refractivity (Wildman–Crippen MR) is 117 cm³/mol. The molecular weight excluding hydrogens is 449 g/mol. The number of ether oxygens (including phenoxy) is 1. The molecule has 2 aliphatic heterocycles. The van der Waals surface area contributed by atoms with Gasteiger partial charge in [0.1, 0.15) is 11.1 Å². The van der Waals surface area contributed by atoms with Gasteiger partial charge in [-0.25, -0.2) is 9.18 Å². The molecule has 2 aromatic heterocycles. The summed E-state index contributed by atoms with van der Waals surface area (Å²) < 4.78 is 25.4. The summed E-state index contributed by atoms with van der Waals surface area (Å²) in [5.74, 6) is 0.317. The highest BCUT2D eigenvalue weighted by Gasteiger charge is 2.44. The first-order valence-electron chi connectivity index (χ1n) is 10.7. The number of halogens is 1. The van der Waals surface area contributed by atoms with Crippen molar-refractivity contribution in [1.29, 1.82) is 0 Å². The SMILES string of the molecule is CCOC(=O)N1CCN(C(c2ccc(F)cc2)C2Sc3nc(-c4ccco4)nn3C2=O)CC1. The molecule has 172 valence electrons. The van der Waals surface area contributed by atoms with Gasteiger partial charge in [-0.15, -0.1) is 5.10 Å². The summed E-state index contributed by atoms with van der Waals surface area (Å²) in [6.07, 6.45) is 1.19. The van der Waals surface area contributed by atoms with Crippen LogP contribution in [0.3, 0.4) is 0 Å². The molecule has 1 aromatic carbocycles. The van der Waals surface area contributed by atoms with Gasteiger partial charge in [-0.1, -0.05) is 23.9 Å². The van der Waals surface area contributed by atoms with Gasteiger partial charge in [0, 0.05) is 26.2 Å². The second-order valence-corrected chi connectivity index (χ2v) is 8.81. The lowest BCUT2D eigenvalue weighted by Crippen LogP contribution is -2.52. The molecule has 2 aliphatic rings. The van der Waals surface area contributed by atoms with Crippen molar-refractivity contribution in [2.75, 3.05) is 32.8 Å². The van der Waals surface area contributed by atoms with Crippen LogP contribution in [0.4, 0.5) is 9.18 Å². The maximum atomic E-state index is 13.6. The van der Waals surface area contributed by atoms with E-state index in [4.69, 9.17) is 9.15 Å². The Balaban J connectivity index is 1.39. The fourth-order valence-corrected chi connectivity index (χ4v) is 5.40. The van der Waals surface area contributed by atoms with Crippen LogP contribution in [0, 0.1) is 5.82 Å². The molecule has 0 saturated carbocycles. The van der Waals surface area contributed by atoms with Gasteiger partial charge in [0.2, 0.25) is 5.82 Å². The summed E-state index contributed by atoms with van der Waals surface area (Å²) in [6, 6.07) is 9.34. The van der Waals surface area contributed by atoms with E-state index in [0.717, 1.165) is 5.56 Å². The van der Waals surface area contributed by atoms with Crippen LogP contribution in [-0.2, 0) is 4.74 Å². The van der Waals surface area contributed by atoms with E-state index in [1.807, 2.05) is 0 Å². The van der Waals surface area contributed by atoms with Crippen LogP contribution in [-0.4, -0.2) is 74.6 Å². The number of carbonyl (C=O) groups is 2.